The number of aliphatic hydroxyl groups excluding tert-OH is 1. The summed E-state index contributed by atoms with van der Waals surface area (Å²) in [5.74, 6) is -2.04. The van der Waals surface area contributed by atoms with Gasteiger partial charge >= 0.3 is 5.97 Å². The van der Waals surface area contributed by atoms with Gasteiger partial charge in [0, 0.05) is 6.92 Å². The Labute approximate surface area is 389 Å². The van der Waals surface area contributed by atoms with Crippen molar-refractivity contribution in [2.24, 2.45) is 0 Å². The van der Waals surface area contributed by atoms with E-state index < -0.39 is 79.1 Å². The molecule has 2 amide bonds. The lowest BCUT2D eigenvalue weighted by molar-refractivity contribution is -0.359. The number of esters is 1. The number of fused-ring (bicyclic) bond motifs is 1. The van der Waals surface area contributed by atoms with Crippen LogP contribution in [0.5, 0.6) is 0 Å². The van der Waals surface area contributed by atoms with Crippen LogP contribution in [0.1, 0.15) is 49.9 Å². The summed E-state index contributed by atoms with van der Waals surface area (Å²) in [7, 11) is 0. The molecule has 0 radical (unpaired) electrons. The van der Waals surface area contributed by atoms with Crippen molar-refractivity contribution in [3.8, 4) is 0 Å². The number of hydrogen-bond acceptors (Lipinski definition) is 13. The molecule has 0 bridgehead atoms. The normalized spacial score (nSPS) is 26.0. The van der Waals surface area contributed by atoms with E-state index in [-0.39, 0.29) is 57.4 Å². The molecule has 0 spiro atoms. The number of aliphatic hydroxyl groups is 1. The van der Waals surface area contributed by atoms with Crippen LogP contribution < -0.4 is 0 Å². The summed E-state index contributed by atoms with van der Waals surface area (Å²) in [6, 6.07) is 43.2. The van der Waals surface area contributed by atoms with Gasteiger partial charge in [-0.1, -0.05) is 140 Å². The molecule has 67 heavy (non-hydrogen) atoms. The molecule has 8 rings (SSSR count). The molecule has 0 unspecified atom stereocenters. The number of ether oxygens (including phenoxy) is 9. The second kappa shape index (κ2) is 23.2. The predicted molar refractivity (Wildman–Crippen MR) is 243 cm³/mol. The van der Waals surface area contributed by atoms with E-state index in [2.05, 4.69) is 6.58 Å². The number of imide groups is 1. The first-order valence-electron chi connectivity index (χ1n) is 22.3. The lowest BCUT2D eigenvalue weighted by Gasteiger charge is -2.50. The molecule has 3 heterocycles. The summed E-state index contributed by atoms with van der Waals surface area (Å²) in [6.45, 7) is 5.45. The number of rotatable bonds is 21. The first-order valence-corrected chi connectivity index (χ1v) is 22.3. The Morgan fingerprint density at radius 2 is 1.01 bits per heavy atom. The van der Waals surface area contributed by atoms with E-state index in [0.29, 0.717) is 0 Å². The fourth-order valence-electron chi connectivity index (χ4n) is 8.52. The van der Waals surface area contributed by atoms with Crippen LogP contribution in [-0.4, -0.2) is 109 Å². The zero-order valence-electron chi connectivity index (χ0n) is 37.2. The van der Waals surface area contributed by atoms with Crippen molar-refractivity contribution in [3.63, 3.8) is 0 Å². The van der Waals surface area contributed by atoms with Gasteiger partial charge in [0.25, 0.3) is 11.8 Å². The molecular formula is C53H55NO13. The molecular weight excluding hydrogens is 859 g/mol. The largest absolute Gasteiger partial charge is 0.457 e. The van der Waals surface area contributed by atoms with E-state index in [0.717, 1.165) is 27.2 Å². The maximum absolute atomic E-state index is 14.3. The minimum Gasteiger partial charge on any atom is -0.457 e. The number of hydrogen-bond donors (Lipinski definition) is 1. The Balaban J connectivity index is 1.16. The molecule has 14 nitrogen and oxygen atoms in total. The predicted octanol–water partition coefficient (Wildman–Crippen LogP) is 6.59. The highest BCUT2D eigenvalue weighted by atomic mass is 16.7. The van der Waals surface area contributed by atoms with Crippen LogP contribution in [0.3, 0.4) is 0 Å². The fourth-order valence-corrected chi connectivity index (χ4v) is 8.52. The van der Waals surface area contributed by atoms with E-state index in [1.165, 1.54) is 13.0 Å². The molecule has 10 atom stereocenters. The quantitative estimate of drug-likeness (QED) is 0.0479. The molecule has 0 saturated carbocycles. The van der Waals surface area contributed by atoms with Gasteiger partial charge in [0.15, 0.2) is 18.7 Å². The maximum Gasteiger partial charge on any atom is 0.303 e. The molecule has 1 N–H and O–H groups in total. The van der Waals surface area contributed by atoms with Crippen molar-refractivity contribution >= 4 is 17.8 Å². The van der Waals surface area contributed by atoms with Crippen molar-refractivity contribution in [3.05, 3.63) is 192 Å². The highest BCUT2D eigenvalue weighted by Gasteiger charge is 2.58. The molecule has 3 aliphatic rings. The summed E-state index contributed by atoms with van der Waals surface area (Å²) in [4.78, 5) is 42.7. The molecule has 5 aromatic rings. The Kier molecular flexibility index (Phi) is 16.5. The first kappa shape index (κ1) is 47.6. The lowest BCUT2D eigenvalue weighted by Crippen LogP contribution is -2.69. The Hall–Kier alpha value is -5.91. The van der Waals surface area contributed by atoms with Gasteiger partial charge in [-0.2, -0.15) is 0 Å². The maximum atomic E-state index is 14.3. The molecule has 2 fully saturated rings. The molecule has 0 aromatic heterocycles. The topological polar surface area (TPSA) is 158 Å². The summed E-state index contributed by atoms with van der Waals surface area (Å²) in [6.07, 6.45) is -9.70. The van der Waals surface area contributed by atoms with Crippen molar-refractivity contribution < 1.29 is 62.1 Å². The Morgan fingerprint density at radius 1 is 0.582 bits per heavy atom. The Morgan fingerprint density at radius 3 is 1.49 bits per heavy atom. The number of nitrogens with zero attached hydrogens (tertiary/aromatic N) is 1. The van der Waals surface area contributed by atoms with Crippen molar-refractivity contribution in [1.29, 1.82) is 0 Å². The van der Waals surface area contributed by atoms with E-state index in [9.17, 15) is 19.5 Å². The van der Waals surface area contributed by atoms with Crippen LogP contribution in [0, 0.1) is 0 Å². The van der Waals surface area contributed by atoms with Crippen LogP contribution in [0.15, 0.2) is 158 Å². The number of benzene rings is 5. The minimum absolute atomic E-state index is 0.0145. The summed E-state index contributed by atoms with van der Waals surface area (Å²) >= 11 is 0. The molecule has 14 heteroatoms. The van der Waals surface area contributed by atoms with Crippen molar-refractivity contribution in [2.45, 2.75) is 94.7 Å². The van der Waals surface area contributed by atoms with Gasteiger partial charge in [-0.05, 0) is 34.4 Å². The third-order valence-corrected chi connectivity index (χ3v) is 11.7. The summed E-state index contributed by atoms with van der Waals surface area (Å²) in [5.41, 5.74) is 3.85. The van der Waals surface area contributed by atoms with Gasteiger partial charge in [0.1, 0.15) is 42.7 Å². The van der Waals surface area contributed by atoms with Gasteiger partial charge in [-0.25, -0.2) is 0 Å². The van der Waals surface area contributed by atoms with E-state index in [1.807, 2.05) is 121 Å². The average Bonchev–Trinajstić information content (AvgIpc) is 3.60. The minimum atomic E-state index is -1.54. The van der Waals surface area contributed by atoms with Gasteiger partial charge in [-0.3, -0.25) is 19.3 Å². The Bertz CT molecular complexity index is 2340. The second-order valence-corrected chi connectivity index (χ2v) is 16.4. The summed E-state index contributed by atoms with van der Waals surface area (Å²) in [5, 5.41) is 12.5. The zero-order valence-corrected chi connectivity index (χ0v) is 37.2. The number of amides is 2. The zero-order chi connectivity index (χ0) is 46.5. The van der Waals surface area contributed by atoms with E-state index >= 15 is 0 Å². The molecule has 0 aliphatic carbocycles. The molecule has 350 valence electrons. The average molecular weight is 914 g/mol. The van der Waals surface area contributed by atoms with Crippen molar-refractivity contribution in [1.82, 2.24) is 4.90 Å². The molecule has 3 aliphatic heterocycles. The van der Waals surface area contributed by atoms with Crippen LogP contribution in [0.2, 0.25) is 0 Å². The fraction of sp³-hybridized carbons (Fsp3) is 0.340. The van der Waals surface area contributed by atoms with E-state index in [1.54, 1.807) is 24.3 Å². The summed E-state index contributed by atoms with van der Waals surface area (Å²) < 4.78 is 58.3. The highest BCUT2D eigenvalue weighted by molar-refractivity contribution is 6.21. The third kappa shape index (κ3) is 11.8. The third-order valence-electron chi connectivity index (χ3n) is 11.7. The highest BCUT2D eigenvalue weighted by Crippen LogP contribution is 2.38. The number of carbonyl (C=O) groups excluding carboxylic acids is 3. The molecule has 5 aromatic carbocycles. The number of carbonyl (C=O) groups is 3. The monoisotopic (exact) mass is 913 g/mol. The lowest BCUT2D eigenvalue weighted by atomic mass is 9.94. The van der Waals surface area contributed by atoms with Crippen molar-refractivity contribution in [2.75, 3.05) is 19.8 Å². The SMILES string of the molecule is C=CCO[C@@H]1O[C@H](COCc2ccccc2)[C@@H](O[C@@H]2O[C@H](COCc3ccccc3)[C@@H](OCc3ccccc3)[C@H](OCc3ccccc3)[C@H]2O)[C@H](OC(C)=O)[C@H]1N1C(=O)c2ccccc2C1=O. The van der Waals surface area contributed by atoms with Crippen LogP contribution in [0.4, 0.5) is 0 Å². The van der Waals surface area contributed by atoms with Gasteiger partial charge in [-0.15, -0.1) is 6.58 Å². The van der Waals surface area contributed by atoms with Gasteiger partial charge < -0.3 is 47.7 Å². The first-order chi connectivity index (χ1) is 32.8. The van der Waals surface area contributed by atoms with Crippen LogP contribution in [0.25, 0.3) is 0 Å². The van der Waals surface area contributed by atoms with Gasteiger partial charge in [0.05, 0.1) is 57.4 Å². The van der Waals surface area contributed by atoms with E-state index in [4.69, 9.17) is 42.6 Å². The van der Waals surface area contributed by atoms with Gasteiger partial charge in [0.2, 0.25) is 0 Å². The standard InChI is InChI=1S/C53H55NO13/c1-3-28-61-52-44(54-50(57)40-26-16-17-27-41(40)51(54)58)48(64-35(2)55)47(43(65-52)34-60-30-37-20-10-5-11-21-37)67-53-45(56)49(63-32-39-24-14-7-15-25-39)46(62-31-38-22-12-6-13-23-38)42(66-53)33-59-29-36-18-8-4-9-19-36/h3-27,42-49,52-53,56H,1,28-34H2,2H3/t42-,43-,44-,45-,46-,47-,48-,49-,52-,53+/m1/s1. The second-order valence-electron chi connectivity index (χ2n) is 16.4. The van der Waals surface area contributed by atoms with Crippen LogP contribution >= 0.6 is 0 Å². The smallest absolute Gasteiger partial charge is 0.303 e. The molecule has 2 saturated heterocycles. The van der Waals surface area contributed by atoms with Crippen LogP contribution in [-0.2, 0) is 73.9 Å².